The molecule has 0 unspecified atom stereocenters. The van der Waals surface area contributed by atoms with Crippen LogP contribution in [-0.2, 0) is 0 Å². The van der Waals surface area contributed by atoms with Gasteiger partial charge in [0.25, 0.3) is 0 Å². The number of rotatable bonds is 6. The van der Waals surface area contributed by atoms with Crippen molar-refractivity contribution in [3.8, 4) is 0 Å². The molecule has 0 aliphatic carbocycles. The van der Waals surface area contributed by atoms with E-state index in [1.54, 1.807) is 0 Å². The van der Waals surface area contributed by atoms with Gasteiger partial charge in [-0.05, 0) is 57.9 Å². The van der Waals surface area contributed by atoms with Gasteiger partial charge >= 0.3 is 0 Å². The Bertz CT molecular complexity index is 654. The maximum absolute atomic E-state index is 4.42. The lowest BCUT2D eigenvalue weighted by atomic mass is 10.0. The molecule has 0 atom stereocenters. The Hall–Kier alpha value is -2.35. The zero-order valence-electron chi connectivity index (χ0n) is 14.3. The van der Waals surface area contributed by atoms with Gasteiger partial charge in [-0.1, -0.05) is 42.5 Å². The summed E-state index contributed by atoms with van der Waals surface area (Å²) < 4.78 is 0. The van der Waals surface area contributed by atoms with Gasteiger partial charge in [-0.3, -0.25) is 4.98 Å². The van der Waals surface area contributed by atoms with Crippen LogP contribution in [0.5, 0.6) is 0 Å². The van der Waals surface area contributed by atoms with Crippen molar-refractivity contribution in [3.63, 3.8) is 0 Å². The SMILES string of the molecule is C=C/C(C)=C\C(=C/C)c1ccnc(C(=C)NC(C)=C(C)C)c1. The number of allylic oxidation sites excluding steroid dienone is 7. The summed E-state index contributed by atoms with van der Waals surface area (Å²) in [5.74, 6) is 0. The van der Waals surface area contributed by atoms with Crippen molar-refractivity contribution in [1.29, 1.82) is 0 Å². The highest BCUT2D eigenvalue weighted by Crippen LogP contribution is 2.20. The summed E-state index contributed by atoms with van der Waals surface area (Å²) in [5.41, 5.74) is 7.38. The van der Waals surface area contributed by atoms with Gasteiger partial charge in [0.2, 0.25) is 0 Å². The molecule has 0 amide bonds. The smallest absolute Gasteiger partial charge is 0.0864 e. The van der Waals surface area contributed by atoms with E-state index >= 15 is 0 Å². The van der Waals surface area contributed by atoms with E-state index in [4.69, 9.17) is 0 Å². The Morgan fingerprint density at radius 2 is 1.91 bits per heavy atom. The zero-order chi connectivity index (χ0) is 16.7. The number of aromatic nitrogens is 1. The lowest BCUT2D eigenvalue weighted by molar-refractivity contribution is 1.02. The van der Waals surface area contributed by atoms with Gasteiger partial charge in [-0.15, -0.1) is 0 Å². The van der Waals surface area contributed by atoms with E-state index in [0.717, 1.165) is 33.8 Å². The summed E-state index contributed by atoms with van der Waals surface area (Å²) in [6.45, 7) is 18.1. The molecule has 2 heteroatoms. The van der Waals surface area contributed by atoms with Crippen LogP contribution in [0.15, 0.2) is 66.6 Å². The normalized spacial score (nSPS) is 11.9. The molecule has 1 heterocycles. The quantitative estimate of drug-likeness (QED) is 0.702. The monoisotopic (exact) mass is 294 g/mol. The van der Waals surface area contributed by atoms with Crippen LogP contribution in [0.1, 0.15) is 45.9 Å². The highest BCUT2D eigenvalue weighted by Gasteiger charge is 2.05. The van der Waals surface area contributed by atoms with Crippen molar-refractivity contribution in [2.24, 2.45) is 0 Å². The molecule has 0 fully saturated rings. The third kappa shape index (κ3) is 4.88. The van der Waals surface area contributed by atoms with Crippen LogP contribution >= 0.6 is 0 Å². The van der Waals surface area contributed by atoms with Crippen LogP contribution in [0.25, 0.3) is 11.3 Å². The van der Waals surface area contributed by atoms with Gasteiger partial charge < -0.3 is 5.32 Å². The fourth-order valence-corrected chi connectivity index (χ4v) is 1.83. The number of hydrogen-bond donors (Lipinski definition) is 1. The lowest BCUT2D eigenvalue weighted by Gasteiger charge is -2.12. The van der Waals surface area contributed by atoms with Crippen LogP contribution < -0.4 is 5.32 Å². The molecule has 22 heavy (non-hydrogen) atoms. The van der Waals surface area contributed by atoms with E-state index in [0.29, 0.717) is 0 Å². The predicted molar refractivity (Wildman–Crippen MR) is 98.1 cm³/mol. The number of pyridine rings is 1. The van der Waals surface area contributed by atoms with Crippen LogP contribution in [0, 0.1) is 0 Å². The Kier molecular flexibility index (Phi) is 6.58. The topological polar surface area (TPSA) is 24.9 Å². The van der Waals surface area contributed by atoms with E-state index in [1.807, 2.05) is 39.1 Å². The lowest BCUT2D eigenvalue weighted by Crippen LogP contribution is -2.11. The molecule has 0 saturated carbocycles. The molecule has 116 valence electrons. The van der Waals surface area contributed by atoms with E-state index in [2.05, 4.69) is 55.5 Å². The van der Waals surface area contributed by atoms with Crippen molar-refractivity contribution >= 4 is 11.3 Å². The van der Waals surface area contributed by atoms with Crippen molar-refractivity contribution in [2.45, 2.75) is 34.6 Å². The summed E-state index contributed by atoms with van der Waals surface area (Å²) in [6.07, 6.45) is 7.87. The van der Waals surface area contributed by atoms with E-state index in [9.17, 15) is 0 Å². The van der Waals surface area contributed by atoms with Crippen molar-refractivity contribution in [1.82, 2.24) is 10.3 Å². The molecule has 0 saturated heterocycles. The first-order valence-corrected chi connectivity index (χ1v) is 7.43. The highest BCUT2D eigenvalue weighted by molar-refractivity contribution is 5.76. The summed E-state index contributed by atoms with van der Waals surface area (Å²) in [7, 11) is 0. The number of nitrogens with one attached hydrogen (secondary N) is 1. The Morgan fingerprint density at radius 3 is 2.45 bits per heavy atom. The van der Waals surface area contributed by atoms with Crippen molar-refractivity contribution < 1.29 is 0 Å². The Labute approximate surface area is 134 Å². The number of nitrogens with zero attached hydrogens (tertiary/aromatic N) is 1. The van der Waals surface area contributed by atoms with Crippen LogP contribution in [0.2, 0.25) is 0 Å². The molecule has 1 aromatic rings. The molecule has 0 spiro atoms. The van der Waals surface area contributed by atoms with Crippen molar-refractivity contribution in [3.05, 3.63) is 77.8 Å². The second kappa shape index (κ2) is 8.18. The van der Waals surface area contributed by atoms with Gasteiger partial charge in [0.15, 0.2) is 0 Å². The first kappa shape index (κ1) is 17.7. The standard InChI is InChI=1S/C20H26N2/c1-8-15(5)12-18(9-2)19-10-11-21-20(13-19)17(7)22-16(6)14(3)4/h8-13,22H,1,7H2,2-6H3/b15-12-,18-9+. The van der Waals surface area contributed by atoms with Gasteiger partial charge in [0.05, 0.1) is 11.4 Å². The molecule has 0 radical (unpaired) electrons. The van der Waals surface area contributed by atoms with Gasteiger partial charge in [-0.25, -0.2) is 0 Å². The Balaban J connectivity index is 3.11. The largest absolute Gasteiger partial charge is 0.358 e. The summed E-state index contributed by atoms with van der Waals surface area (Å²) in [6, 6.07) is 4.06. The Morgan fingerprint density at radius 1 is 1.23 bits per heavy atom. The highest BCUT2D eigenvalue weighted by atomic mass is 14.9. The van der Waals surface area contributed by atoms with Gasteiger partial charge in [0.1, 0.15) is 0 Å². The van der Waals surface area contributed by atoms with Crippen molar-refractivity contribution in [2.75, 3.05) is 0 Å². The first-order valence-electron chi connectivity index (χ1n) is 7.43. The minimum absolute atomic E-state index is 0.806. The summed E-state index contributed by atoms with van der Waals surface area (Å²) in [4.78, 5) is 4.42. The molecule has 1 rings (SSSR count). The average molecular weight is 294 g/mol. The van der Waals surface area contributed by atoms with Crippen LogP contribution in [0.4, 0.5) is 0 Å². The summed E-state index contributed by atoms with van der Waals surface area (Å²) >= 11 is 0. The second-order valence-electron chi connectivity index (χ2n) is 5.49. The van der Waals surface area contributed by atoms with Crippen LogP contribution in [-0.4, -0.2) is 4.98 Å². The summed E-state index contributed by atoms with van der Waals surface area (Å²) in [5, 5.41) is 3.30. The zero-order valence-corrected chi connectivity index (χ0v) is 14.3. The molecule has 2 nitrogen and oxygen atoms in total. The first-order chi connectivity index (χ1) is 10.4. The average Bonchev–Trinajstić information content (AvgIpc) is 2.52. The maximum atomic E-state index is 4.42. The van der Waals surface area contributed by atoms with Gasteiger partial charge in [0, 0.05) is 11.9 Å². The minimum Gasteiger partial charge on any atom is -0.358 e. The van der Waals surface area contributed by atoms with E-state index < -0.39 is 0 Å². The van der Waals surface area contributed by atoms with E-state index in [-0.39, 0.29) is 0 Å². The van der Waals surface area contributed by atoms with Gasteiger partial charge in [-0.2, -0.15) is 0 Å². The van der Waals surface area contributed by atoms with Crippen LogP contribution in [0.3, 0.4) is 0 Å². The fourth-order valence-electron chi connectivity index (χ4n) is 1.83. The van der Waals surface area contributed by atoms with E-state index in [1.165, 1.54) is 5.57 Å². The molecular weight excluding hydrogens is 268 g/mol. The minimum atomic E-state index is 0.806. The third-order valence-corrected chi connectivity index (χ3v) is 3.51. The molecule has 0 bridgehead atoms. The number of hydrogen-bond acceptors (Lipinski definition) is 2. The fraction of sp³-hybridized carbons (Fsp3) is 0.250. The molecule has 0 aromatic carbocycles. The molecule has 0 aliphatic rings. The third-order valence-electron chi connectivity index (χ3n) is 3.51. The molecule has 1 N–H and O–H groups in total. The molecule has 0 aliphatic heterocycles. The molecular formula is C20H26N2. The second-order valence-corrected chi connectivity index (χ2v) is 5.49. The maximum Gasteiger partial charge on any atom is 0.0864 e. The predicted octanol–water partition coefficient (Wildman–Crippen LogP) is 5.49. The molecule has 1 aromatic heterocycles.